The van der Waals surface area contributed by atoms with Crippen LogP contribution < -0.4 is 10.1 Å². The van der Waals surface area contributed by atoms with Crippen molar-refractivity contribution in [3.8, 4) is 5.75 Å². The molecular weight excluding hydrogens is 234 g/mol. The maximum Gasteiger partial charge on any atom is 0.125 e. The molecule has 1 rings (SSSR count). The summed E-state index contributed by atoms with van der Waals surface area (Å²) in [6.07, 6.45) is 5.22. The van der Waals surface area contributed by atoms with Crippen molar-refractivity contribution in [2.75, 3.05) is 13.2 Å². The first-order valence-electron chi connectivity index (χ1n) is 7.57. The van der Waals surface area contributed by atoms with Crippen molar-refractivity contribution in [3.05, 3.63) is 29.3 Å². The topological polar surface area (TPSA) is 21.3 Å². The van der Waals surface area contributed by atoms with Crippen molar-refractivity contribution in [1.82, 2.24) is 5.32 Å². The molecule has 0 aliphatic heterocycles. The Morgan fingerprint density at radius 2 is 1.84 bits per heavy atom. The van der Waals surface area contributed by atoms with E-state index in [2.05, 4.69) is 51.2 Å². The summed E-state index contributed by atoms with van der Waals surface area (Å²) in [5.74, 6) is 1.04. The Bertz CT molecular complexity index is 342. The molecular formula is C17H29NO. The molecule has 1 atom stereocenters. The highest BCUT2D eigenvalue weighted by atomic mass is 16.5. The van der Waals surface area contributed by atoms with E-state index in [1.807, 2.05) is 0 Å². The van der Waals surface area contributed by atoms with E-state index < -0.39 is 0 Å². The zero-order valence-corrected chi connectivity index (χ0v) is 13.0. The van der Waals surface area contributed by atoms with Gasteiger partial charge in [-0.2, -0.15) is 0 Å². The van der Waals surface area contributed by atoms with Gasteiger partial charge in [-0.15, -0.1) is 0 Å². The Labute approximate surface area is 118 Å². The lowest BCUT2D eigenvalue weighted by Crippen LogP contribution is -2.30. The first kappa shape index (κ1) is 16.0. The number of hydrogen-bond donors (Lipinski definition) is 1. The smallest absolute Gasteiger partial charge is 0.125 e. The third kappa shape index (κ3) is 6.11. The Balaban J connectivity index is 2.20. The van der Waals surface area contributed by atoms with Crippen molar-refractivity contribution < 1.29 is 4.74 Å². The molecule has 0 spiro atoms. The lowest BCUT2D eigenvalue weighted by Gasteiger charge is -2.15. The van der Waals surface area contributed by atoms with E-state index in [9.17, 15) is 0 Å². The van der Waals surface area contributed by atoms with Gasteiger partial charge in [-0.1, -0.05) is 44.4 Å². The van der Waals surface area contributed by atoms with Gasteiger partial charge in [0.25, 0.3) is 0 Å². The number of aryl methyl sites for hydroxylation is 2. The van der Waals surface area contributed by atoms with Crippen LogP contribution in [0.1, 0.15) is 50.7 Å². The van der Waals surface area contributed by atoms with Crippen LogP contribution in [0, 0.1) is 13.8 Å². The average molecular weight is 263 g/mol. The molecule has 0 amide bonds. The van der Waals surface area contributed by atoms with Gasteiger partial charge in [0, 0.05) is 12.6 Å². The molecule has 1 aromatic carbocycles. The molecule has 0 heterocycles. The van der Waals surface area contributed by atoms with E-state index in [0.29, 0.717) is 6.04 Å². The van der Waals surface area contributed by atoms with Crippen molar-refractivity contribution in [1.29, 1.82) is 0 Å². The second kappa shape index (κ2) is 8.98. The number of ether oxygens (including phenoxy) is 1. The van der Waals surface area contributed by atoms with Crippen molar-refractivity contribution >= 4 is 0 Å². The first-order valence-corrected chi connectivity index (χ1v) is 7.57. The molecule has 2 nitrogen and oxygen atoms in total. The molecule has 0 aliphatic carbocycles. The van der Waals surface area contributed by atoms with Crippen LogP contribution in [0.2, 0.25) is 0 Å². The van der Waals surface area contributed by atoms with Crippen molar-refractivity contribution in [2.45, 2.75) is 59.4 Å². The second-order valence-electron chi connectivity index (χ2n) is 5.42. The minimum atomic E-state index is 0.591. The molecule has 108 valence electrons. The van der Waals surface area contributed by atoms with Crippen molar-refractivity contribution in [3.63, 3.8) is 0 Å². The van der Waals surface area contributed by atoms with Gasteiger partial charge in [-0.25, -0.2) is 0 Å². The zero-order chi connectivity index (χ0) is 14.1. The minimum Gasteiger partial charge on any atom is -0.492 e. The third-order valence-corrected chi connectivity index (χ3v) is 3.49. The molecule has 2 heteroatoms. The Hall–Kier alpha value is -1.02. The third-order valence-electron chi connectivity index (χ3n) is 3.49. The summed E-state index contributed by atoms with van der Waals surface area (Å²) in [5, 5.41) is 3.53. The summed E-state index contributed by atoms with van der Waals surface area (Å²) in [5.41, 5.74) is 2.44. The lowest BCUT2D eigenvalue weighted by atomic mass is 10.1. The van der Waals surface area contributed by atoms with E-state index in [0.717, 1.165) is 18.9 Å². The second-order valence-corrected chi connectivity index (χ2v) is 5.42. The predicted octanol–water partition coefficient (Wildman–Crippen LogP) is 4.24. The minimum absolute atomic E-state index is 0.591. The first-order chi connectivity index (χ1) is 9.15. The molecule has 1 N–H and O–H groups in total. The molecule has 0 saturated carbocycles. The number of nitrogens with one attached hydrogen (secondary N) is 1. The van der Waals surface area contributed by atoms with Gasteiger partial charge in [0.15, 0.2) is 0 Å². The van der Waals surface area contributed by atoms with Crippen LogP contribution in [0.15, 0.2) is 18.2 Å². The predicted molar refractivity (Wildman–Crippen MR) is 83.0 cm³/mol. The van der Waals surface area contributed by atoms with Gasteiger partial charge in [0.1, 0.15) is 12.4 Å². The maximum absolute atomic E-state index is 5.88. The summed E-state index contributed by atoms with van der Waals surface area (Å²) in [4.78, 5) is 0. The number of para-hydroxylation sites is 1. The van der Waals surface area contributed by atoms with Crippen LogP contribution in [0.25, 0.3) is 0 Å². The van der Waals surface area contributed by atoms with Crippen LogP contribution in [0.3, 0.4) is 0 Å². The van der Waals surface area contributed by atoms with E-state index in [1.54, 1.807) is 0 Å². The summed E-state index contributed by atoms with van der Waals surface area (Å²) in [6, 6.07) is 6.87. The van der Waals surface area contributed by atoms with Gasteiger partial charge in [0.05, 0.1) is 0 Å². The van der Waals surface area contributed by atoms with E-state index in [4.69, 9.17) is 4.74 Å². The molecule has 0 bridgehead atoms. The monoisotopic (exact) mass is 263 g/mol. The summed E-state index contributed by atoms with van der Waals surface area (Å²) < 4.78 is 5.88. The van der Waals surface area contributed by atoms with E-state index in [1.165, 1.54) is 36.8 Å². The fraction of sp³-hybridized carbons (Fsp3) is 0.647. The molecule has 1 aromatic rings. The van der Waals surface area contributed by atoms with Crippen LogP contribution in [0.5, 0.6) is 5.75 Å². The molecule has 19 heavy (non-hydrogen) atoms. The van der Waals surface area contributed by atoms with Crippen LogP contribution >= 0.6 is 0 Å². The van der Waals surface area contributed by atoms with Crippen molar-refractivity contribution in [2.24, 2.45) is 0 Å². The molecule has 0 radical (unpaired) electrons. The summed E-state index contributed by atoms with van der Waals surface area (Å²) in [7, 11) is 0. The Morgan fingerprint density at radius 1 is 1.16 bits per heavy atom. The van der Waals surface area contributed by atoms with Crippen LogP contribution in [-0.2, 0) is 0 Å². The zero-order valence-electron chi connectivity index (χ0n) is 13.0. The fourth-order valence-electron chi connectivity index (χ4n) is 2.29. The molecule has 0 fully saturated rings. The Morgan fingerprint density at radius 3 is 2.47 bits per heavy atom. The highest BCUT2D eigenvalue weighted by Crippen LogP contribution is 2.21. The molecule has 0 aliphatic rings. The Kier molecular flexibility index (Phi) is 7.57. The largest absolute Gasteiger partial charge is 0.492 e. The average Bonchev–Trinajstić information content (AvgIpc) is 2.37. The number of benzene rings is 1. The normalized spacial score (nSPS) is 12.4. The fourth-order valence-corrected chi connectivity index (χ4v) is 2.29. The number of hydrogen-bond acceptors (Lipinski definition) is 2. The quantitative estimate of drug-likeness (QED) is 0.673. The van der Waals surface area contributed by atoms with Gasteiger partial charge >= 0.3 is 0 Å². The molecule has 1 unspecified atom stereocenters. The molecule has 0 aromatic heterocycles. The number of unbranched alkanes of at least 4 members (excludes halogenated alkanes) is 2. The van der Waals surface area contributed by atoms with Gasteiger partial charge < -0.3 is 10.1 Å². The van der Waals surface area contributed by atoms with E-state index >= 15 is 0 Å². The van der Waals surface area contributed by atoms with Gasteiger partial charge in [-0.05, 0) is 38.3 Å². The summed E-state index contributed by atoms with van der Waals surface area (Å²) >= 11 is 0. The lowest BCUT2D eigenvalue weighted by molar-refractivity contribution is 0.300. The van der Waals surface area contributed by atoms with Gasteiger partial charge in [0.2, 0.25) is 0 Å². The standard InChI is InChI=1S/C17H29NO/c1-5-6-7-11-16(4)18-12-13-19-17-14(2)9-8-10-15(17)3/h8-10,16,18H,5-7,11-13H2,1-4H3. The highest BCUT2D eigenvalue weighted by molar-refractivity contribution is 5.39. The SMILES string of the molecule is CCCCCC(C)NCCOc1c(C)cccc1C. The van der Waals surface area contributed by atoms with E-state index in [-0.39, 0.29) is 0 Å². The highest BCUT2D eigenvalue weighted by Gasteiger charge is 2.04. The van der Waals surface area contributed by atoms with Gasteiger partial charge in [-0.3, -0.25) is 0 Å². The molecule has 0 saturated heterocycles. The maximum atomic E-state index is 5.88. The summed E-state index contributed by atoms with van der Waals surface area (Å²) in [6.45, 7) is 10.4. The number of rotatable bonds is 9. The van der Waals surface area contributed by atoms with Crippen LogP contribution in [-0.4, -0.2) is 19.2 Å². The van der Waals surface area contributed by atoms with Crippen LogP contribution in [0.4, 0.5) is 0 Å².